The lowest BCUT2D eigenvalue weighted by molar-refractivity contribution is 0.0691. The number of hydrogen-bond donors (Lipinski definition) is 1. The Labute approximate surface area is 122 Å². The molecule has 0 saturated carbocycles. The van der Waals surface area contributed by atoms with Crippen LogP contribution in [0.15, 0.2) is 30.3 Å². The van der Waals surface area contributed by atoms with Crippen LogP contribution in [-0.2, 0) is 9.84 Å². The third-order valence-corrected chi connectivity index (χ3v) is 4.05. The first kappa shape index (κ1) is 15.2. The third-order valence-electron chi connectivity index (χ3n) is 3.12. The maximum atomic E-state index is 11.3. The Morgan fingerprint density at radius 2 is 2.00 bits per heavy atom. The minimum absolute atomic E-state index is 0.00253. The second-order valence-corrected chi connectivity index (χ2v) is 7.16. The lowest BCUT2D eigenvalue weighted by Gasteiger charge is -2.21. The van der Waals surface area contributed by atoms with E-state index in [1.54, 1.807) is 24.1 Å². The van der Waals surface area contributed by atoms with Crippen molar-refractivity contribution >= 4 is 32.4 Å². The number of aromatic nitrogens is 1. The average Bonchev–Trinajstić information content (AvgIpc) is 2.42. The van der Waals surface area contributed by atoms with E-state index in [2.05, 4.69) is 4.98 Å². The van der Waals surface area contributed by atoms with Crippen molar-refractivity contribution in [2.45, 2.75) is 0 Å². The van der Waals surface area contributed by atoms with Gasteiger partial charge in [0.1, 0.15) is 9.84 Å². The second-order valence-electron chi connectivity index (χ2n) is 4.90. The van der Waals surface area contributed by atoms with Crippen LogP contribution in [0.2, 0.25) is 0 Å². The van der Waals surface area contributed by atoms with Crippen molar-refractivity contribution in [1.29, 1.82) is 0 Å². The Morgan fingerprint density at radius 1 is 1.33 bits per heavy atom. The van der Waals surface area contributed by atoms with Crippen molar-refractivity contribution in [1.82, 2.24) is 4.98 Å². The first-order chi connectivity index (χ1) is 9.78. The number of nitrogens with zero attached hydrogens (tertiary/aromatic N) is 2. The fraction of sp³-hybridized carbons (Fsp3) is 0.286. The fourth-order valence-electron chi connectivity index (χ4n) is 2.01. The Balaban J connectivity index is 2.48. The minimum Gasteiger partial charge on any atom is -0.477 e. The molecule has 1 aromatic heterocycles. The maximum Gasteiger partial charge on any atom is 0.354 e. The molecule has 0 atom stereocenters. The van der Waals surface area contributed by atoms with Crippen LogP contribution in [0.25, 0.3) is 10.9 Å². The second kappa shape index (κ2) is 5.69. The summed E-state index contributed by atoms with van der Waals surface area (Å²) in [5, 5.41) is 9.92. The Hall–Kier alpha value is -2.15. The first-order valence-corrected chi connectivity index (χ1v) is 8.36. The van der Waals surface area contributed by atoms with Crippen molar-refractivity contribution < 1.29 is 18.3 Å². The van der Waals surface area contributed by atoms with Gasteiger partial charge in [-0.05, 0) is 12.1 Å². The number of hydrogen-bond acceptors (Lipinski definition) is 5. The van der Waals surface area contributed by atoms with Gasteiger partial charge in [0.2, 0.25) is 0 Å². The van der Waals surface area contributed by atoms with Crippen LogP contribution in [0.1, 0.15) is 10.5 Å². The number of para-hydroxylation sites is 1. The van der Waals surface area contributed by atoms with Gasteiger partial charge in [-0.25, -0.2) is 18.2 Å². The molecule has 21 heavy (non-hydrogen) atoms. The minimum atomic E-state index is -3.08. The summed E-state index contributed by atoms with van der Waals surface area (Å²) in [6.45, 7) is 0.284. The van der Waals surface area contributed by atoms with Crippen LogP contribution in [0, 0.1) is 0 Å². The summed E-state index contributed by atoms with van der Waals surface area (Å²) >= 11 is 0. The van der Waals surface area contributed by atoms with E-state index in [1.807, 2.05) is 12.1 Å². The molecule has 2 rings (SSSR count). The number of anilines is 1. The Kier molecular flexibility index (Phi) is 4.13. The van der Waals surface area contributed by atoms with Crippen molar-refractivity contribution in [3.63, 3.8) is 0 Å². The lowest BCUT2D eigenvalue weighted by atomic mass is 10.1. The highest BCUT2D eigenvalue weighted by Gasteiger charge is 2.14. The molecule has 0 aliphatic rings. The molecule has 0 spiro atoms. The average molecular weight is 308 g/mol. The normalized spacial score (nSPS) is 11.5. The monoisotopic (exact) mass is 308 g/mol. The van der Waals surface area contributed by atoms with Gasteiger partial charge in [-0.3, -0.25) is 0 Å². The predicted molar refractivity (Wildman–Crippen MR) is 81.7 cm³/mol. The van der Waals surface area contributed by atoms with E-state index in [4.69, 9.17) is 5.11 Å². The highest BCUT2D eigenvalue weighted by atomic mass is 32.2. The van der Waals surface area contributed by atoms with Crippen molar-refractivity contribution in [2.75, 3.05) is 30.5 Å². The first-order valence-electron chi connectivity index (χ1n) is 6.30. The summed E-state index contributed by atoms with van der Waals surface area (Å²) in [5.41, 5.74) is 1.16. The summed E-state index contributed by atoms with van der Waals surface area (Å²) in [7, 11) is -1.35. The lowest BCUT2D eigenvalue weighted by Crippen LogP contribution is -2.25. The van der Waals surface area contributed by atoms with Gasteiger partial charge in [0.05, 0.1) is 11.3 Å². The van der Waals surface area contributed by atoms with E-state index < -0.39 is 15.8 Å². The van der Waals surface area contributed by atoms with E-state index in [0.717, 1.165) is 5.39 Å². The molecule has 1 heterocycles. The number of benzene rings is 1. The van der Waals surface area contributed by atoms with Crippen LogP contribution < -0.4 is 4.90 Å². The third kappa shape index (κ3) is 3.69. The van der Waals surface area contributed by atoms with Crippen molar-refractivity contribution in [3.8, 4) is 0 Å². The molecule has 0 aliphatic heterocycles. The van der Waals surface area contributed by atoms with E-state index in [1.165, 1.54) is 12.3 Å². The predicted octanol–water partition coefficient (Wildman–Crippen LogP) is 1.41. The van der Waals surface area contributed by atoms with E-state index >= 15 is 0 Å². The summed E-state index contributed by atoms with van der Waals surface area (Å²) in [5.74, 6) is -1.11. The van der Waals surface area contributed by atoms with Gasteiger partial charge in [0, 0.05) is 30.9 Å². The van der Waals surface area contributed by atoms with E-state index in [9.17, 15) is 13.2 Å². The van der Waals surface area contributed by atoms with Crippen LogP contribution in [0.5, 0.6) is 0 Å². The molecule has 7 heteroatoms. The van der Waals surface area contributed by atoms with Gasteiger partial charge in [0.15, 0.2) is 5.69 Å². The molecule has 2 aromatic rings. The molecule has 1 N–H and O–H groups in total. The Bertz CT molecular complexity index is 787. The summed E-state index contributed by atoms with van der Waals surface area (Å²) in [6, 6.07) is 8.64. The number of pyridine rings is 1. The zero-order chi connectivity index (χ0) is 15.6. The smallest absolute Gasteiger partial charge is 0.354 e. The quantitative estimate of drug-likeness (QED) is 0.898. The molecule has 0 unspecified atom stereocenters. The maximum absolute atomic E-state index is 11.3. The molecule has 0 radical (unpaired) electrons. The van der Waals surface area contributed by atoms with Crippen LogP contribution >= 0.6 is 0 Å². The fourth-order valence-corrected chi connectivity index (χ4v) is 2.61. The summed E-state index contributed by atoms with van der Waals surface area (Å²) in [6.07, 6.45) is 1.17. The largest absolute Gasteiger partial charge is 0.477 e. The zero-order valence-corrected chi connectivity index (χ0v) is 12.6. The van der Waals surface area contributed by atoms with Crippen LogP contribution in [0.3, 0.4) is 0 Å². The van der Waals surface area contributed by atoms with Crippen molar-refractivity contribution in [3.05, 3.63) is 36.0 Å². The number of carbonyl (C=O) groups is 1. The number of carboxylic acids is 1. The summed E-state index contributed by atoms with van der Waals surface area (Å²) in [4.78, 5) is 17.0. The molecule has 0 aliphatic carbocycles. The molecule has 6 nitrogen and oxygen atoms in total. The molecule has 0 fully saturated rings. The molecule has 0 saturated heterocycles. The van der Waals surface area contributed by atoms with Gasteiger partial charge in [0.25, 0.3) is 0 Å². The summed E-state index contributed by atoms with van der Waals surface area (Å²) < 4.78 is 22.5. The van der Waals surface area contributed by atoms with Gasteiger partial charge >= 0.3 is 5.97 Å². The number of sulfone groups is 1. The molecule has 1 aromatic carbocycles. The molecule has 0 bridgehead atoms. The molecule has 112 valence electrons. The SMILES string of the molecule is CN(CCS(C)(=O)=O)c1cc(C(=O)O)nc2ccccc12. The number of rotatable bonds is 5. The molecular formula is C14H16N2O4S. The number of carboxylic acid groups (broad SMARTS) is 1. The Morgan fingerprint density at radius 3 is 2.62 bits per heavy atom. The van der Waals surface area contributed by atoms with Gasteiger partial charge in [-0.1, -0.05) is 18.2 Å². The highest BCUT2D eigenvalue weighted by molar-refractivity contribution is 7.90. The molecular weight excluding hydrogens is 292 g/mol. The van der Waals surface area contributed by atoms with E-state index in [0.29, 0.717) is 11.2 Å². The highest BCUT2D eigenvalue weighted by Crippen LogP contribution is 2.26. The van der Waals surface area contributed by atoms with Gasteiger partial charge in [-0.2, -0.15) is 0 Å². The van der Waals surface area contributed by atoms with Gasteiger partial charge < -0.3 is 10.0 Å². The van der Waals surface area contributed by atoms with Crippen LogP contribution in [-0.4, -0.2) is 50.1 Å². The van der Waals surface area contributed by atoms with Crippen LogP contribution in [0.4, 0.5) is 5.69 Å². The van der Waals surface area contributed by atoms with Crippen molar-refractivity contribution in [2.24, 2.45) is 0 Å². The topological polar surface area (TPSA) is 87.6 Å². The standard InChI is InChI=1S/C14H16N2O4S/c1-16(7-8-21(2,19)20)13-9-12(14(17)18)15-11-6-4-3-5-10(11)13/h3-6,9H,7-8H2,1-2H3,(H,17,18). The zero-order valence-electron chi connectivity index (χ0n) is 11.8. The van der Waals surface area contributed by atoms with E-state index in [-0.39, 0.29) is 18.0 Å². The van der Waals surface area contributed by atoms with Gasteiger partial charge in [-0.15, -0.1) is 0 Å². The number of aromatic carboxylic acids is 1. The number of fused-ring (bicyclic) bond motifs is 1. The molecule has 0 amide bonds.